The van der Waals surface area contributed by atoms with Gasteiger partial charge in [-0.05, 0) is 43.0 Å². The number of anilines is 1. The third-order valence-electron chi connectivity index (χ3n) is 3.48. The van der Waals surface area contributed by atoms with Crippen molar-refractivity contribution in [2.75, 3.05) is 5.32 Å². The Kier molecular flexibility index (Phi) is 3.94. The molecule has 0 atom stereocenters. The molecule has 1 N–H and O–H groups in total. The van der Waals surface area contributed by atoms with Crippen LogP contribution in [0.2, 0.25) is 0 Å². The zero-order chi connectivity index (χ0) is 15.7. The number of rotatable bonds is 4. The fourth-order valence-electron chi connectivity index (χ4n) is 2.46. The highest BCUT2D eigenvalue weighted by Gasteiger charge is 2.10. The Hall–Kier alpha value is -2.21. The minimum atomic E-state index is -0.0164. The van der Waals surface area contributed by atoms with Crippen molar-refractivity contribution in [1.29, 1.82) is 0 Å². The topological polar surface area (TPSA) is 59.8 Å². The zero-order valence-electron chi connectivity index (χ0n) is 12.9. The number of aryl methyl sites for hydroxylation is 4. The van der Waals surface area contributed by atoms with Gasteiger partial charge in [0.25, 0.3) is 0 Å². The van der Waals surface area contributed by atoms with Crippen LogP contribution in [0, 0.1) is 13.8 Å². The maximum atomic E-state index is 12.0. The summed E-state index contributed by atoms with van der Waals surface area (Å²) in [5, 5.41) is 7.66. The minimum Gasteiger partial charge on any atom is -0.302 e. The van der Waals surface area contributed by atoms with E-state index in [1.807, 2.05) is 20.2 Å². The predicted octanol–water partition coefficient (Wildman–Crippen LogP) is 3.22. The van der Waals surface area contributed by atoms with Crippen LogP contribution in [-0.4, -0.2) is 20.7 Å². The molecule has 22 heavy (non-hydrogen) atoms. The van der Waals surface area contributed by atoms with E-state index in [9.17, 15) is 4.79 Å². The van der Waals surface area contributed by atoms with E-state index in [4.69, 9.17) is 0 Å². The second-order valence-corrected chi connectivity index (χ2v) is 6.55. The molecule has 0 unspecified atom stereocenters. The molecule has 5 nitrogen and oxygen atoms in total. The highest BCUT2D eigenvalue weighted by Crippen LogP contribution is 2.29. The Morgan fingerprint density at radius 3 is 2.91 bits per heavy atom. The van der Waals surface area contributed by atoms with Gasteiger partial charge in [0.2, 0.25) is 5.91 Å². The van der Waals surface area contributed by atoms with E-state index in [0.29, 0.717) is 18.0 Å². The van der Waals surface area contributed by atoms with Crippen molar-refractivity contribution in [1.82, 2.24) is 14.8 Å². The number of hydrogen-bond donors (Lipinski definition) is 1. The number of benzene rings is 1. The van der Waals surface area contributed by atoms with Crippen molar-refractivity contribution < 1.29 is 4.79 Å². The first kappa shape index (κ1) is 14.7. The first-order chi connectivity index (χ1) is 10.5. The molecule has 0 saturated heterocycles. The zero-order valence-corrected chi connectivity index (χ0v) is 13.7. The van der Waals surface area contributed by atoms with Gasteiger partial charge in [-0.25, -0.2) is 4.98 Å². The molecule has 6 heteroatoms. The van der Waals surface area contributed by atoms with E-state index < -0.39 is 0 Å². The van der Waals surface area contributed by atoms with Gasteiger partial charge in [-0.2, -0.15) is 5.10 Å². The van der Waals surface area contributed by atoms with E-state index >= 15 is 0 Å². The van der Waals surface area contributed by atoms with Crippen LogP contribution in [0.5, 0.6) is 0 Å². The lowest BCUT2D eigenvalue weighted by molar-refractivity contribution is -0.116. The highest BCUT2D eigenvalue weighted by molar-refractivity contribution is 7.22. The molecule has 0 saturated carbocycles. The summed E-state index contributed by atoms with van der Waals surface area (Å²) in [7, 11) is 1.87. The minimum absolute atomic E-state index is 0.0164. The Labute approximate surface area is 133 Å². The van der Waals surface area contributed by atoms with Gasteiger partial charge < -0.3 is 5.32 Å². The Morgan fingerprint density at radius 2 is 2.18 bits per heavy atom. The fraction of sp³-hybridized carbons (Fsp3) is 0.312. The van der Waals surface area contributed by atoms with E-state index in [1.165, 1.54) is 16.9 Å². The van der Waals surface area contributed by atoms with Crippen LogP contribution in [0.3, 0.4) is 0 Å². The van der Waals surface area contributed by atoms with Gasteiger partial charge in [0.15, 0.2) is 5.13 Å². The monoisotopic (exact) mass is 314 g/mol. The number of aromatic nitrogens is 3. The Bertz CT molecular complexity index is 834. The molecule has 1 aromatic carbocycles. The van der Waals surface area contributed by atoms with E-state index in [2.05, 4.69) is 34.5 Å². The maximum absolute atomic E-state index is 12.0. The number of carbonyl (C=O) groups is 1. The molecule has 0 radical (unpaired) electrons. The molecule has 1 amide bonds. The third-order valence-corrected chi connectivity index (χ3v) is 4.39. The largest absolute Gasteiger partial charge is 0.302 e. The first-order valence-electron chi connectivity index (χ1n) is 7.16. The first-order valence-corrected chi connectivity index (χ1v) is 7.98. The molecule has 2 aromatic heterocycles. The summed E-state index contributed by atoms with van der Waals surface area (Å²) in [6.07, 6.45) is 4.83. The van der Waals surface area contributed by atoms with Gasteiger partial charge in [-0.1, -0.05) is 17.4 Å². The maximum Gasteiger partial charge on any atom is 0.226 e. The molecule has 0 aliphatic rings. The number of thiazole rings is 1. The van der Waals surface area contributed by atoms with Crippen molar-refractivity contribution in [3.05, 3.63) is 41.2 Å². The van der Waals surface area contributed by atoms with Crippen molar-refractivity contribution >= 4 is 32.6 Å². The summed E-state index contributed by atoms with van der Waals surface area (Å²) in [6, 6.07) is 4.21. The third kappa shape index (κ3) is 3.17. The average Bonchev–Trinajstić information content (AvgIpc) is 3.02. The van der Waals surface area contributed by atoms with Crippen LogP contribution in [0.1, 0.15) is 23.1 Å². The van der Waals surface area contributed by atoms with Crippen LogP contribution in [0.25, 0.3) is 10.2 Å². The molecule has 0 spiro atoms. The smallest absolute Gasteiger partial charge is 0.226 e. The summed E-state index contributed by atoms with van der Waals surface area (Å²) in [5.74, 6) is -0.0164. The normalized spacial score (nSPS) is 11.0. The molecule has 114 valence electrons. The molecule has 0 fully saturated rings. The standard InChI is InChI=1S/C16H18N4OS/c1-10-6-11(2)15-13(7-10)22-16(19-15)18-14(21)5-4-12-8-17-20(3)9-12/h6-9H,4-5H2,1-3H3,(H,18,19,21). The number of hydrogen-bond acceptors (Lipinski definition) is 4. The number of fused-ring (bicyclic) bond motifs is 1. The second-order valence-electron chi connectivity index (χ2n) is 5.52. The summed E-state index contributed by atoms with van der Waals surface area (Å²) >= 11 is 1.52. The van der Waals surface area contributed by atoms with Crippen LogP contribution in [-0.2, 0) is 18.3 Å². The van der Waals surface area contributed by atoms with E-state index in [1.54, 1.807) is 10.9 Å². The van der Waals surface area contributed by atoms with Crippen LogP contribution < -0.4 is 5.32 Å². The molecule has 0 aliphatic carbocycles. The van der Waals surface area contributed by atoms with Gasteiger partial charge in [-0.3, -0.25) is 9.48 Å². The van der Waals surface area contributed by atoms with Gasteiger partial charge in [0.1, 0.15) is 0 Å². The molecule has 3 rings (SSSR count). The summed E-state index contributed by atoms with van der Waals surface area (Å²) in [5.41, 5.74) is 4.39. The van der Waals surface area contributed by atoms with Crippen molar-refractivity contribution in [3.63, 3.8) is 0 Å². The van der Waals surface area contributed by atoms with Gasteiger partial charge in [0.05, 0.1) is 16.4 Å². The number of nitrogens with zero attached hydrogens (tertiary/aromatic N) is 3. The van der Waals surface area contributed by atoms with Crippen LogP contribution in [0.15, 0.2) is 24.5 Å². The highest BCUT2D eigenvalue weighted by atomic mass is 32.1. The predicted molar refractivity (Wildman–Crippen MR) is 89.3 cm³/mol. The number of nitrogens with one attached hydrogen (secondary N) is 1. The van der Waals surface area contributed by atoms with Gasteiger partial charge in [-0.15, -0.1) is 0 Å². The summed E-state index contributed by atoms with van der Waals surface area (Å²) in [6.45, 7) is 4.11. The molecule has 3 aromatic rings. The van der Waals surface area contributed by atoms with Crippen molar-refractivity contribution in [2.24, 2.45) is 7.05 Å². The lowest BCUT2D eigenvalue weighted by atomic mass is 10.1. The van der Waals surface area contributed by atoms with E-state index in [-0.39, 0.29) is 5.91 Å². The number of amides is 1. The van der Waals surface area contributed by atoms with E-state index in [0.717, 1.165) is 21.3 Å². The number of carbonyl (C=O) groups excluding carboxylic acids is 1. The van der Waals surface area contributed by atoms with Crippen molar-refractivity contribution in [2.45, 2.75) is 26.7 Å². The SMILES string of the molecule is Cc1cc(C)c2nc(NC(=O)CCc3cnn(C)c3)sc2c1. The molecule has 2 heterocycles. The molecule has 0 aliphatic heterocycles. The van der Waals surface area contributed by atoms with Gasteiger partial charge in [0, 0.05) is 19.7 Å². The molecule has 0 bridgehead atoms. The van der Waals surface area contributed by atoms with Crippen molar-refractivity contribution in [3.8, 4) is 0 Å². The quantitative estimate of drug-likeness (QED) is 0.804. The molecular weight excluding hydrogens is 296 g/mol. The summed E-state index contributed by atoms with van der Waals surface area (Å²) in [4.78, 5) is 16.6. The fourth-order valence-corrected chi connectivity index (χ4v) is 3.52. The summed E-state index contributed by atoms with van der Waals surface area (Å²) < 4.78 is 2.85. The van der Waals surface area contributed by atoms with Gasteiger partial charge >= 0.3 is 0 Å². The molecular formula is C16H18N4OS. The lowest BCUT2D eigenvalue weighted by Gasteiger charge is -1.99. The Morgan fingerprint density at radius 1 is 1.36 bits per heavy atom. The lowest BCUT2D eigenvalue weighted by Crippen LogP contribution is -2.11. The van der Waals surface area contributed by atoms with Crippen LogP contribution >= 0.6 is 11.3 Å². The second kappa shape index (κ2) is 5.88. The van der Waals surface area contributed by atoms with Crippen LogP contribution in [0.4, 0.5) is 5.13 Å². The Balaban J connectivity index is 1.67. The average molecular weight is 314 g/mol.